The quantitative estimate of drug-likeness (QED) is 0.307. The minimum Gasteiger partial charge on any atom is -0.493 e. The van der Waals surface area contributed by atoms with Crippen LogP contribution in [0.2, 0.25) is 0 Å². The molecule has 2 rings (SSSR count). The number of esters is 1. The van der Waals surface area contributed by atoms with Crippen molar-refractivity contribution < 1.29 is 23.7 Å². The van der Waals surface area contributed by atoms with Crippen molar-refractivity contribution in [1.82, 2.24) is 4.31 Å². The Hall–Kier alpha value is -2.44. The average molecular weight is 407 g/mol. The van der Waals surface area contributed by atoms with Gasteiger partial charge in [-0.2, -0.15) is 5.26 Å². The van der Waals surface area contributed by atoms with E-state index in [1.54, 1.807) is 19.1 Å². The first-order valence-corrected chi connectivity index (χ1v) is 9.71. The molecular formula is C19H25N3O5S. The Labute approximate surface area is 169 Å². The van der Waals surface area contributed by atoms with Crippen LogP contribution in [0, 0.1) is 17.2 Å². The Bertz CT molecular complexity index is 763. The third kappa shape index (κ3) is 5.53. The maximum atomic E-state index is 12.0. The maximum absolute atomic E-state index is 12.0. The SMILES string of the molecule is CCOC(=O)C1CCCN(S/C(=N/c2cc(OC)c(OC)cc2C#N)OC)C1. The van der Waals surface area contributed by atoms with E-state index in [1.807, 2.05) is 4.31 Å². The first kappa shape index (κ1) is 21.9. The zero-order valence-corrected chi connectivity index (χ0v) is 17.4. The van der Waals surface area contributed by atoms with Gasteiger partial charge < -0.3 is 18.9 Å². The lowest BCUT2D eigenvalue weighted by molar-refractivity contribution is -0.149. The second-order valence-electron chi connectivity index (χ2n) is 5.99. The minimum atomic E-state index is -0.171. The number of nitriles is 1. The fourth-order valence-electron chi connectivity index (χ4n) is 2.84. The van der Waals surface area contributed by atoms with Crippen molar-refractivity contribution in [3.05, 3.63) is 17.7 Å². The van der Waals surface area contributed by atoms with Crippen LogP contribution in [0.5, 0.6) is 11.5 Å². The van der Waals surface area contributed by atoms with Gasteiger partial charge in [-0.15, -0.1) is 0 Å². The molecule has 1 fully saturated rings. The van der Waals surface area contributed by atoms with E-state index >= 15 is 0 Å². The van der Waals surface area contributed by atoms with Gasteiger partial charge in [0.25, 0.3) is 5.23 Å². The van der Waals surface area contributed by atoms with Gasteiger partial charge in [0.1, 0.15) is 6.07 Å². The van der Waals surface area contributed by atoms with Crippen molar-refractivity contribution in [2.24, 2.45) is 10.9 Å². The lowest BCUT2D eigenvalue weighted by atomic mass is 10.0. The molecule has 1 heterocycles. The molecule has 9 heteroatoms. The molecule has 1 atom stereocenters. The van der Waals surface area contributed by atoms with Gasteiger partial charge in [-0.05, 0) is 19.8 Å². The van der Waals surface area contributed by atoms with E-state index in [-0.39, 0.29) is 11.9 Å². The summed E-state index contributed by atoms with van der Waals surface area (Å²) in [5, 5.41) is 9.80. The number of rotatable bonds is 6. The number of piperidine rings is 1. The summed E-state index contributed by atoms with van der Waals surface area (Å²) in [4.78, 5) is 16.5. The number of methoxy groups -OCH3 is 3. The molecule has 1 unspecified atom stereocenters. The Morgan fingerprint density at radius 2 is 2.04 bits per heavy atom. The summed E-state index contributed by atoms with van der Waals surface area (Å²) in [5.74, 6) is 0.601. The third-order valence-electron chi connectivity index (χ3n) is 4.22. The monoisotopic (exact) mass is 407 g/mol. The highest BCUT2D eigenvalue weighted by Crippen LogP contribution is 2.35. The number of carbonyl (C=O) groups is 1. The fraction of sp³-hybridized carbons (Fsp3) is 0.526. The number of hydrogen-bond donors (Lipinski definition) is 0. The molecular weight excluding hydrogens is 382 g/mol. The summed E-state index contributed by atoms with van der Waals surface area (Å²) in [7, 11) is 4.55. The minimum absolute atomic E-state index is 0.157. The Balaban J connectivity index is 2.20. The smallest absolute Gasteiger partial charge is 0.310 e. The van der Waals surface area contributed by atoms with Gasteiger partial charge in [-0.1, -0.05) is 0 Å². The van der Waals surface area contributed by atoms with Gasteiger partial charge in [0, 0.05) is 37.2 Å². The molecule has 0 aromatic heterocycles. The molecule has 1 aromatic rings. The zero-order valence-electron chi connectivity index (χ0n) is 16.6. The van der Waals surface area contributed by atoms with Gasteiger partial charge in [-0.3, -0.25) is 4.79 Å². The summed E-state index contributed by atoms with van der Waals surface area (Å²) in [6, 6.07) is 5.32. The van der Waals surface area contributed by atoms with Crippen LogP contribution in [-0.4, -0.2) is 56.5 Å². The van der Waals surface area contributed by atoms with Crippen LogP contribution in [-0.2, 0) is 14.3 Å². The summed E-state index contributed by atoms with van der Waals surface area (Å²) < 4.78 is 23.1. The summed E-state index contributed by atoms with van der Waals surface area (Å²) in [6.07, 6.45) is 1.69. The second kappa shape index (κ2) is 10.8. The second-order valence-corrected chi connectivity index (χ2v) is 7.04. The van der Waals surface area contributed by atoms with Crippen LogP contribution in [0.3, 0.4) is 0 Å². The molecule has 1 aliphatic heterocycles. The van der Waals surface area contributed by atoms with E-state index in [4.69, 9.17) is 18.9 Å². The normalized spacial score (nSPS) is 17.5. The highest BCUT2D eigenvalue weighted by atomic mass is 32.2. The van der Waals surface area contributed by atoms with Gasteiger partial charge >= 0.3 is 5.97 Å². The molecule has 0 spiro atoms. The van der Waals surface area contributed by atoms with Crippen molar-refractivity contribution in [3.63, 3.8) is 0 Å². The Morgan fingerprint density at radius 3 is 2.64 bits per heavy atom. The lowest BCUT2D eigenvalue weighted by Crippen LogP contribution is -2.36. The molecule has 1 saturated heterocycles. The van der Waals surface area contributed by atoms with E-state index in [1.165, 1.54) is 33.3 Å². The maximum Gasteiger partial charge on any atom is 0.310 e. The number of benzene rings is 1. The molecule has 8 nitrogen and oxygen atoms in total. The molecule has 0 aliphatic carbocycles. The number of carbonyl (C=O) groups excluding carboxylic acids is 1. The molecule has 28 heavy (non-hydrogen) atoms. The van der Waals surface area contributed by atoms with Gasteiger partial charge in [-0.25, -0.2) is 9.30 Å². The number of hydrogen-bond acceptors (Lipinski definition) is 9. The third-order valence-corrected chi connectivity index (χ3v) is 5.22. The first-order valence-electron chi connectivity index (χ1n) is 8.94. The van der Waals surface area contributed by atoms with E-state index < -0.39 is 0 Å². The largest absolute Gasteiger partial charge is 0.493 e. The molecule has 152 valence electrons. The van der Waals surface area contributed by atoms with Crippen LogP contribution in [0.1, 0.15) is 25.3 Å². The topological polar surface area (TPSA) is 93.4 Å². The molecule has 0 amide bonds. The van der Waals surface area contributed by atoms with Crippen LogP contribution in [0.4, 0.5) is 5.69 Å². The molecule has 0 bridgehead atoms. The average Bonchev–Trinajstić information content (AvgIpc) is 2.73. The molecule has 1 aliphatic rings. The Kier molecular flexibility index (Phi) is 8.42. The highest BCUT2D eigenvalue weighted by molar-refractivity contribution is 8.11. The Morgan fingerprint density at radius 1 is 1.32 bits per heavy atom. The number of ether oxygens (including phenoxy) is 4. The molecule has 0 N–H and O–H groups in total. The predicted molar refractivity (Wildman–Crippen MR) is 107 cm³/mol. The predicted octanol–water partition coefficient (Wildman–Crippen LogP) is 3.13. The van der Waals surface area contributed by atoms with Gasteiger partial charge in [0.2, 0.25) is 0 Å². The fourth-order valence-corrected chi connectivity index (χ4v) is 3.75. The van der Waals surface area contributed by atoms with Crippen LogP contribution in [0.25, 0.3) is 0 Å². The molecule has 1 aromatic carbocycles. The highest BCUT2D eigenvalue weighted by Gasteiger charge is 2.28. The molecule has 0 saturated carbocycles. The summed E-state index contributed by atoms with van der Waals surface area (Å²) >= 11 is 1.31. The van der Waals surface area contributed by atoms with Crippen molar-refractivity contribution >= 4 is 28.8 Å². The van der Waals surface area contributed by atoms with E-state index in [0.717, 1.165) is 19.4 Å². The van der Waals surface area contributed by atoms with E-state index in [9.17, 15) is 10.1 Å². The summed E-state index contributed by atoms with van der Waals surface area (Å²) in [5.41, 5.74) is 0.763. The zero-order chi connectivity index (χ0) is 20.5. The van der Waals surface area contributed by atoms with Gasteiger partial charge in [0.15, 0.2) is 11.5 Å². The first-order chi connectivity index (χ1) is 13.6. The summed E-state index contributed by atoms with van der Waals surface area (Å²) in [6.45, 7) is 3.55. The van der Waals surface area contributed by atoms with Crippen molar-refractivity contribution in [2.75, 3.05) is 41.0 Å². The van der Waals surface area contributed by atoms with E-state index in [2.05, 4.69) is 11.1 Å². The van der Waals surface area contributed by atoms with E-state index in [0.29, 0.717) is 41.1 Å². The van der Waals surface area contributed by atoms with Gasteiger partial charge in [0.05, 0.1) is 45.1 Å². The van der Waals surface area contributed by atoms with Crippen molar-refractivity contribution in [3.8, 4) is 17.6 Å². The van der Waals surface area contributed by atoms with Crippen molar-refractivity contribution in [1.29, 1.82) is 5.26 Å². The number of nitrogens with zero attached hydrogens (tertiary/aromatic N) is 3. The van der Waals surface area contributed by atoms with Crippen molar-refractivity contribution in [2.45, 2.75) is 19.8 Å². The van der Waals surface area contributed by atoms with Crippen LogP contribution >= 0.6 is 11.9 Å². The van der Waals surface area contributed by atoms with Crippen LogP contribution in [0.15, 0.2) is 17.1 Å². The number of aliphatic imine (C=N–C) groups is 1. The standard InChI is InChI=1S/C19H25N3O5S/c1-5-27-18(23)13-7-6-8-22(12-13)28-19(26-4)21-15-10-17(25-3)16(24-2)9-14(15)11-20/h9-10,13H,5-8,12H2,1-4H3/b21-19+. The molecule has 0 radical (unpaired) electrons. The lowest BCUT2D eigenvalue weighted by Gasteiger charge is -2.30. The van der Waals surface area contributed by atoms with Crippen LogP contribution < -0.4 is 9.47 Å².